The molecule has 4 N–H and O–H groups in total. The van der Waals surface area contributed by atoms with Gasteiger partial charge in [-0.05, 0) is 33.4 Å². The number of hydrogen-bond donors (Lipinski definition) is 4. The minimum Gasteiger partial charge on any atom is -0.481 e. The highest BCUT2D eigenvalue weighted by atomic mass is 32.2. The number of hydrogen-bond acceptors (Lipinski definition) is 5. The molecule has 0 aromatic heterocycles. The summed E-state index contributed by atoms with van der Waals surface area (Å²) in [5, 5.41) is 25.9. The minimum absolute atomic E-state index is 0.151. The van der Waals surface area contributed by atoms with Crippen LogP contribution in [0.15, 0.2) is 182 Å². The van der Waals surface area contributed by atoms with Crippen LogP contribution in [0.25, 0.3) is 0 Å². The second kappa shape index (κ2) is 17.0. The van der Waals surface area contributed by atoms with E-state index in [1.807, 2.05) is 146 Å². The number of carbonyl (C=O) groups is 3. The molecule has 0 unspecified atom stereocenters. The van der Waals surface area contributed by atoms with Gasteiger partial charge in [0.25, 0.3) is 0 Å². The third-order valence-electron chi connectivity index (χ3n) is 9.33. The van der Waals surface area contributed by atoms with E-state index in [9.17, 15) is 24.6 Å². The molecular formula is C45H40N2O5S. The fourth-order valence-corrected chi connectivity index (χ4v) is 8.44. The average molecular weight is 721 g/mol. The Kier molecular flexibility index (Phi) is 11.8. The Balaban J connectivity index is 1.55. The number of carboxylic acids is 2. The van der Waals surface area contributed by atoms with Gasteiger partial charge in [0.2, 0.25) is 5.91 Å². The van der Waals surface area contributed by atoms with E-state index in [1.54, 1.807) is 11.8 Å². The summed E-state index contributed by atoms with van der Waals surface area (Å²) < 4.78 is -0.799. The van der Waals surface area contributed by atoms with E-state index in [1.165, 1.54) is 0 Å². The summed E-state index contributed by atoms with van der Waals surface area (Å²) in [7, 11) is 0. The lowest BCUT2D eigenvalue weighted by atomic mass is 9.76. The molecular weight excluding hydrogens is 681 g/mol. The Bertz CT molecular complexity index is 1890. The number of carbonyl (C=O) groups excluding carboxylic acids is 1. The minimum atomic E-state index is -1.64. The summed E-state index contributed by atoms with van der Waals surface area (Å²) in [6.07, 6.45) is -0.774. The first-order chi connectivity index (χ1) is 25.8. The molecule has 53 heavy (non-hydrogen) atoms. The maximum atomic E-state index is 14.7. The second-order valence-electron chi connectivity index (χ2n) is 12.6. The lowest BCUT2D eigenvalue weighted by Crippen LogP contribution is -2.58. The van der Waals surface area contributed by atoms with Crippen LogP contribution in [0.1, 0.15) is 39.8 Å². The van der Waals surface area contributed by atoms with Gasteiger partial charge in [-0.2, -0.15) is 0 Å². The van der Waals surface area contributed by atoms with E-state index in [0.717, 1.165) is 33.4 Å². The molecule has 6 aromatic rings. The third-order valence-corrected chi connectivity index (χ3v) is 11.0. The normalized spacial score (nSPS) is 12.7. The van der Waals surface area contributed by atoms with E-state index in [4.69, 9.17) is 0 Å². The number of thioether (sulfide) groups is 1. The largest absolute Gasteiger partial charge is 0.481 e. The van der Waals surface area contributed by atoms with Crippen LogP contribution in [-0.2, 0) is 24.7 Å². The molecule has 0 saturated heterocycles. The number of rotatable bonds is 16. The number of carboxylic acid groups (broad SMARTS) is 2. The van der Waals surface area contributed by atoms with Crippen LogP contribution in [0.3, 0.4) is 0 Å². The molecule has 0 aliphatic carbocycles. The van der Waals surface area contributed by atoms with Crippen LogP contribution in [-0.4, -0.2) is 45.9 Å². The molecule has 8 heteroatoms. The SMILES string of the molecule is O=C(O)C[C@H](NC(=O)[C@@H](CSC(c1ccccc1)(c1ccccc1)c1ccccc1)NC(c1ccccc1)(c1ccccc1)c1ccccc1)C(=O)O. The Morgan fingerprint density at radius 1 is 0.491 bits per heavy atom. The van der Waals surface area contributed by atoms with Crippen molar-refractivity contribution < 1.29 is 24.6 Å². The smallest absolute Gasteiger partial charge is 0.326 e. The quantitative estimate of drug-likeness (QED) is 0.0758. The number of benzene rings is 6. The molecule has 0 heterocycles. The Morgan fingerprint density at radius 2 is 0.811 bits per heavy atom. The van der Waals surface area contributed by atoms with Crippen LogP contribution >= 0.6 is 11.8 Å². The predicted octanol–water partition coefficient (Wildman–Crippen LogP) is 7.71. The molecule has 0 fully saturated rings. The Hall–Kier alpha value is -5.96. The van der Waals surface area contributed by atoms with Crippen molar-refractivity contribution in [2.75, 3.05) is 5.75 Å². The van der Waals surface area contributed by atoms with E-state index in [0.29, 0.717) is 0 Å². The van der Waals surface area contributed by atoms with Crippen molar-refractivity contribution in [3.8, 4) is 0 Å². The van der Waals surface area contributed by atoms with Gasteiger partial charge in [0, 0.05) is 5.75 Å². The fraction of sp³-hybridized carbons (Fsp3) is 0.133. The van der Waals surface area contributed by atoms with Crippen LogP contribution in [0.2, 0.25) is 0 Å². The summed E-state index contributed by atoms with van der Waals surface area (Å²) in [6, 6.07) is 57.1. The maximum Gasteiger partial charge on any atom is 0.326 e. The molecule has 266 valence electrons. The van der Waals surface area contributed by atoms with E-state index >= 15 is 0 Å². The van der Waals surface area contributed by atoms with Crippen molar-refractivity contribution in [2.24, 2.45) is 0 Å². The molecule has 6 rings (SSSR count). The van der Waals surface area contributed by atoms with Crippen molar-refractivity contribution in [1.82, 2.24) is 10.6 Å². The lowest BCUT2D eigenvalue weighted by Gasteiger charge is -2.41. The molecule has 2 atom stereocenters. The summed E-state index contributed by atoms with van der Waals surface area (Å²) in [5.74, 6) is -3.25. The van der Waals surface area contributed by atoms with Gasteiger partial charge in [-0.15, -0.1) is 11.8 Å². The van der Waals surface area contributed by atoms with E-state index in [-0.39, 0.29) is 5.75 Å². The number of aliphatic carboxylic acids is 2. The number of nitrogens with one attached hydrogen (secondary N) is 2. The maximum absolute atomic E-state index is 14.7. The zero-order valence-electron chi connectivity index (χ0n) is 28.9. The Morgan fingerprint density at radius 3 is 1.11 bits per heavy atom. The average Bonchev–Trinajstić information content (AvgIpc) is 3.21. The van der Waals surface area contributed by atoms with Crippen molar-refractivity contribution in [1.29, 1.82) is 0 Å². The van der Waals surface area contributed by atoms with Gasteiger partial charge in [0.15, 0.2) is 0 Å². The highest BCUT2D eigenvalue weighted by Gasteiger charge is 2.43. The van der Waals surface area contributed by atoms with Gasteiger partial charge >= 0.3 is 11.9 Å². The highest BCUT2D eigenvalue weighted by Crippen LogP contribution is 2.49. The van der Waals surface area contributed by atoms with Gasteiger partial charge in [0.1, 0.15) is 6.04 Å². The zero-order valence-corrected chi connectivity index (χ0v) is 29.7. The van der Waals surface area contributed by atoms with Crippen LogP contribution in [0.5, 0.6) is 0 Å². The van der Waals surface area contributed by atoms with E-state index < -0.39 is 46.6 Å². The molecule has 0 bridgehead atoms. The van der Waals surface area contributed by atoms with Crippen LogP contribution < -0.4 is 10.6 Å². The third kappa shape index (κ3) is 8.09. The monoisotopic (exact) mass is 720 g/mol. The standard InChI is InChI=1S/C45H40N2O5S/c48-41(49)31-39(43(51)52)46-42(50)40(47-44(33-19-7-1-8-20-33,34-21-9-2-10-22-34)35-23-11-3-12-24-35)32-53-45(36-25-13-4-14-26-36,37-27-15-5-16-28-37)38-29-17-6-18-30-38/h1-30,39-40,47H,31-32H2,(H,46,50)(H,48,49)(H,51,52)/t39-,40+/m0/s1. The van der Waals surface area contributed by atoms with Gasteiger partial charge < -0.3 is 15.5 Å². The summed E-state index contributed by atoms with van der Waals surface area (Å²) in [5.41, 5.74) is 4.49. The molecule has 0 aliphatic rings. The van der Waals surface area contributed by atoms with Gasteiger partial charge in [0.05, 0.1) is 22.7 Å². The molecule has 0 aliphatic heterocycles. The van der Waals surface area contributed by atoms with Crippen molar-refractivity contribution >= 4 is 29.6 Å². The molecule has 0 spiro atoms. The molecule has 7 nitrogen and oxygen atoms in total. The summed E-state index contributed by atoms with van der Waals surface area (Å²) in [4.78, 5) is 38.7. The lowest BCUT2D eigenvalue weighted by molar-refractivity contribution is -0.147. The van der Waals surface area contributed by atoms with Crippen molar-refractivity contribution in [3.63, 3.8) is 0 Å². The molecule has 1 amide bonds. The first-order valence-electron chi connectivity index (χ1n) is 17.3. The molecule has 6 aromatic carbocycles. The zero-order chi connectivity index (χ0) is 37.1. The second-order valence-corrected chi connectivity index (χ2v) is 13.9. The van der Waals surface area contributed by atoms with Crippen molar-refractivity contribution in [3.05, 3.63) is 215 Å². The van der Waals surface area contributed by atoms with Crippen molar-refractivity contribution in [2.45, 2.75) is 28.8 Å². The van der Waals surface area contributed by atoms with Gasteiger partial charge in [-0.25, -0.2) is 4.79 Å². The molecule has 0 radical (unpaired) electrons. The predicted molar refractivity (Wildman–Crippen MR) is 210 cm³/mol. The fourth-order valence-electron chi connectivity index (χ4n) is 6.88. The van der Waals surface area contributed by atoms with Gasteiger partial charge in [-0.3, -0.25) is 14.9 Å². The van der Waals surface area contributed by atoms with E-state index in [2.05, 4.69) is 47.0 Å². The first-order valence-corrected chi connectivity index (χ1v) is 18.3. The first kappa shape index (κ1) is 36.8. The van der Waals surface area contributed by atoms with Crippen LogP contribution in [0, 0.1) is 0 Å². The summed E-state index contributed by atoms with van der Waals surface area (Å²) >= 11 is 1.55. The summed E-state index contributed by atoms with van der Waals surface area (Å²) in [6.45, 7) is 0. The topological polar surface area (TPSA) is 116 Å². The van der Waals surface area contributed by atoms with Crippen LogP contribution in [0.4, 0.5) is 0 Å². The number of amides is 1. The Labute approximate surface area is 313 Å². The molecule has 0 saturated carbocycles. The highest BCUT2D eigenvalue weighted by molar-refractivity contribution is 8.00. The van der Waals surface area contributed by atoms with Gasteiger partial charge in [-0.1, -0.05) is 182 Å².